The van der Waals surface area contributed by atoms with Gasteiger partial charge in [-0.25, -0.2) is 0 Å². The van der Waals surface area contributed by atoms with E-state index in [4.69, 9.17) is 40.5 Å². The fourth-order valence-electron chi connectivity index (χ4n) is 0. The number of hydrogen-bond donors (Lipinski definition) is 0. The molecule has 96 valence electrons. The first-order valence-corrected chi connectivity index (χ1v) is 17.9. The van der Waals surface area contributed by atoms with Crippen LogP contribution in [0.5, 0.6) is 0 Å². The van der Waals surface area contributed by atoms with Gasteiger partial charge in [-0.1, -0.05) is 0 Å². The van der Waals surface area contributed by atoms with Gasteiger partial charge >= 0.3 is 188 Å². The van der Waals surface area contributed by atoms with E-state index in [1.807, 2.05) is 0 Å². The minimum atomic E-state index is -4.34. The molecule has 0 spiro atoms. The molecule has 0 saturated carbocycles. The molecule has 0 aromatic heterocycles. The van der Waals surface area contributed by atoms with Gasteiger partial charge in [0.15, 0.2) is 0 Å². The van der Waals surface area contributed by atoms with Gasteiger partial charge < -0.3 is 0 Å². The van der Waals surface area contributed by atoms with Crippen LogP contribution in [0.2, 0.25) is 0 Å². The van der Waals surface area contributed by atoms with Gasteiger partial charge in [0.1, 0.15) is 0 Å². The van der Waals surface area contributed by atoms with Crippen LogP contribution in [0.4, 0.5) is 0 Å². The summed E-state index contributed by atoms with van der Waals surface area (Å²) in [7, 11) is 0. The Kier molecular flexibility index (Phi) is 67.9. The van der Waals surface area contributed by atoms with Gasteiger partial charge in [0.2, 0.25) is 0 Å². The third kappa shape index (κ3) is 536. The average molecular weight is 1080 g/mol. The first-order chi connectivity index (χ1) is 6.93. The zero-order chi connectivity index (χ0) is 14.3. The summed E-state index contributed by atoms with van der Waals surface area (Å²) in [5, 5.41) is 0. The molecule has 0 atom stereocenters. The molecule has 12 nitrogen and oxygen atoms in total. The van der Waals surface area contributed by atoms with Crippen molar-refractivity contribution in [2.45, 2.75) is 0 Å². The standard InChI is InChI=1S/Ba.Mg.12O.4Ta/q2*+2;;;;;;;;;4*-1;;;;. The first-order valence-electron chi connectivity index (χ1n) is 2.19. The Bertz CT molecular complexity index is 298. The van der Waals surface area contributed by atoms with E-state index >= 15 is 0 Å². The summed E-state index contributed by atoms with van der Waals surface area (Å²) in [6.45, 7) is 0. The molecule has 0 bridgehead atoms. The second kappa shape index (κ2) is 32.5. The SMILES string of the molecule is [Ba+2].[Mg+2].[O]=[Ta](=[O])[O-].[O]=[Ta](=[O])[O-].[O]=[Ta](=[O])[O-].[O]=[Ta](=[O])[O-]. The van der Waals surface area contributed by atoms with Crippen molar-refractivity contribution in [1.82, 2.24) is 0 Å². The van der Waals surface area contributed by atoms with Crippen molar-refractivity contribution in [3.05, 3.63) is 0 Å². The molecule has 0 fully saturated rings. The molecule has 0 aliphatic rings. The van der Waals surface area contributed by atoms with E-state index in [9.17, 15) is 0 Å². The Morgan fingerprint density at radius 3 is 0.444 bits per heavy atom. The molecule has 0 radical (unpaired) electrons. The van der Waals surface area contributed by atoms with E-state index in [0.717, 1.165) is 0 Å². The van der Waals surface area contributed by atoms with Crippen LogP contribution >= 0.6 is 0 Å². The number of hydrogen-bond acceptors (Lipinski definition) is 12. The zero-order valence-corrected chi connectivity index (χ0v) is 26.8. The third-order valence-corrected chi connectivity index (χ3v) is 0. The van der Waals surface area contributed by atoms with E-state index in [-0.39, 0.29) is 71.9 Å². The summed E-state index contributed by atoms with van der Waals surface area (Å²) in [5.41, 5.74) is 0. The second-order valence-corrected chi connectivity index (χ2v) is 7.32. The molecule has 0 rings (SSSR count). The van der Waals surface area contributed by atoms with Crippen molar-refractivity contribution in [3.8, 4) is 0 Å². The molecule has 0 heterocycles. The normalized spacial score (nSPS) is 5.56. The Balaban J connectivity index is -0.0000000257. The molecule has 0 saturated heterocycles. The predicted molar refractivity (Wildman–Crippen MR) is 17.0 cm³/mol. The summed E-state index contributed by atoms with van der Waals surface area (Å²) in [6, 6.07) is 0. The first kappa shape index (κ1) is 37.6. The van der Waals surface area contributed by atoms with Gasteiger partial charge in [-0.05, 0) is 0 Å². The molecule has 0 aliphatic heterocycles. The van der Waals surface area contributed by atoms with Crippen LogP contribution in [0.3, 0.4) is 0 Å². The van der Waals surface area contributed by atoms with Crippen molar-refractivity contribution in [2.24, 2.45) is 0 Å². The van der Waals surface area contributed by atoms with Crippen molar-refractivity contribution < 1.29 is 116 Å². The third-order valence-electron chi connectivity index (χ3n) is 0. The van der Waals surface area contributed by atoms with Crippen molar-refractivity contribution in [2.75, 3.05) is 0 Å². The van der Waals surface area contributed by atoms with Crippen molar-refractivity contribution >= 4 is 71.9 Å². The van der Waals surface area contributed by atoms with Crippen LogP contribution in [0, 0.1) is 0 Å². The zero-order valence-electron chi connectivity index (χ0n) is 8.10. The molecule has 0 aliphatic carbocycles. The van der Waals surface area contributed by atoms with Crippen molar-refractivity contribution in [1.29, 1.82) is 0 Å². The molecule has 18 heteroatoms. The summed E-state index contributed by atoms with van der Waals surface area (Å²) >= 11 is -17.4. The van der Waals surface area contributed by atoms with Crippen LogP contribution in [-0.4, -0.2) is 71.9 Å². The van der Waals surface area contributed by atoms with Gasteiger partial charge in [0, 0.05) is 0 Å². The van der Waals surface area contributed by atoms with E-state index in [1.165, 1.54) is 0 Å². The molecule has 0 aromatic carbocycles. The second-order valence-electron chi connectivity index (χ2n) is 0.894. The van der Waals surface area contributed by atoms with E-state index in [2.05, 4.69) is 0 Å². The van der Waals surface area contributed by atoms with Gasteiger partial charge in [-0.2, -0.15) is 0 Å². The average Bonchev–Trinajstić information content (AvgIpc) is 1.76. The molecular formula is BaMgO12Ta4. The van der Waals surface area contributed by atoms with E-state index in [0.29, 0.717) is 0 Å². The molecular weight excluding hydrogens is 1080 g/mol. The molecule has 0 unspecified atom stereocenters. The minimum absolute atomic E-state index is 0. The van der Waals surface area contributed by atoms with Gasteiger partial charge in [-0.15, -0.1) is 0 Å². The van der Waals surface area contributed by atoms with E-state index < -0.39 is 75.1 Å². The van der Waals surface area contributed by atoms with Crippen molar-refractivity contribution in [3.63, 3.8) is 0 Å². The van der Waals surface area contributed by atoms with Gasteiger partial charge in [-0.3, -0.25) is 0 Å². The maximum atomic E-state index is 8.62. The quantitative estimate of drug-likeness (QED) is 0.207. The topological polar surface area (TPSA) is 229 Å². The van der Waals surface area contributed by atoms with Gasteiger partial charge in [0.05, 0.1) is 0 Å². The fourth-order valence-corrected chi connectivity index (χ4v) is 0. The van der Waals surface area contributed by atoms with E-state index in [1.54, 1.807) is 0 Å². The fraction of sp³-hybridized carbons (Fsp3) is 0. The Morgan fingerprint density at radius 1 is 0.444 bits per heavy atom. The molecule has 0 aromatic rings. The number of rotatable bonds is 0. The maximum absolute atomic E-state index is 8.62. The van der Waals surface area contributed by atoms with Crippen LogP contribution in [-0.2, 0) is 101 Å². The Morgan fingerprint density at radius 2 is 0.444 bits per heavy atom. The molecule has 0 amide bonds. The Hall–Kier alpha value is 3.54. The summed E-state index contributed by atoms with van der Waals surface area (Å²) in [6.07, 6.45) is 0. The van der Waals surface area contributed by atoms with Crippen LogP contribution < -0.4 is 14.5 Å². The summed E-state index contributed by atoms with van der Waals surface area (Å²) in [4.78, 5) is 0. The summed E-state index contributed by atoms with van der Waals surface area (Å²) in [5.74, 6) is 0. The monoisotopic (exact) mass is 1080 g/mol. The Labute approximate surface area is 183 Å². The van der Waals surface area contributed by atoms with Crippen LogP contribution in [0.1, 0.15) is 0 Å². The van der Waals surface area contributed by atoms with Crippen LogP contribution in [0.15, 0.2) is 0 Å². The van der Waals surface area contributed by atoms with Gasteiger partial charge in [0.25, 0.3) is 0 Å². The van der Waals surface area contributed by atoms with Crippen LogP contribution in [0.25, 0.3) is 0 Å². The molecule has 18 heavy (non-hydrogen) atoms. The molecule has 0 N–H and O–H groups in total. The summed E-state index contributed by atoms with van der Waals surface area (Å²) < 4.78 is 103. The predicted octanol–water partition coefficient (Wildman–Crippen LogP) is -6.48.